The highest BCUT2D eigenvalue weighted by Gasteiger charge is 2.34. The second-order valence-electron chi connectivity index (χ2n) is 11.2. The van der Waals surface area contributed by atoms with Crippen LogP contribution in [-0.4, -0.2) is 81.2 Å². The van der Waals surface area contributed by atoms with Crippen molar-refractivity contribution in [2.24, 2.45) is 4.99 Å². The number of hydrogen-bond acceptors (Lipinski definition) is 8. The summed E-state index contributed by atoms with van der Waals surface area (Å²) in [4.78, 5) is 48.9. The van der Waals surface area contributed by atoms with Crippen molar-refractivity contribution in [3.63, 3.8) is 0 Å². The molecule has 2 amide bonds. The molecule has 0 N–H and O–H groups in total. The monoisotopic (exact) mass is 656 g/mol. The van der Waals surface area contributed by atoms with E-state index in [4.69, 9.17) is 21.3 Å². The lowest BCUT2D eigenvalue weighted by Gasteiger charge is -2.34. The van der Waals surface area contributed by atoms with Crippen LogP contribution in [-0.2, 0) is 9.59 Å². The Morgan fingerprint density at radius 3 is 2.28 bits per heavy atom. The number of aryl methyl sites for hydroxylation is 2. The number of ketones is 1. The highest BCUT2D eigenvalue weighted by atomic mass is 35.5. The van der Waals surface area contributed by atoms with E-state index in [9.17, 15) is 14.4 Å². The molecule has 0 aliphatic carbocycles. The lowest BCUT2D eigenvalue weighted by Crippen LogP contribution is -2.50. The van der Waals surface area contributed by atoms with Crippen molar-refractivity contribution in [3.05, 3.63) is 104 Å². The number of nitrogens with zero attached hydrogens (tertiary/aromatic N) is 6. The third-order valence-corrected chi connectivity index (χ3v) is 9.87. The summed E-state index contributed by atoms with van der Waals surface area (Å²) in [6.45, 7) is 7.57. The fourth-order valence-electron chi connectivity index (χ4n) is 5.71. The number of aromatic nitrogens is 3. The van der Waals surface area contributed by atoms with E-state index >= 15 is 0 Å². The Bertz CT molecular complexity index is 1870. The molecular formula is C34H33ClN6O4S. The fourth-order valence-corrected chi connectivity index (χ4v) is 7.05. The Hall–Kier alpha value is -4.61. The third kappa shape index (κ3) is 6.12. The number of hydrogen-bond donors (Lipinski definition) is 0. The molecule has 0 radical (unpaired) electrons. The molecule has 2 aliphatic rings. The van der Waals surface area contributed by atoms with Crippen LogP contribution in [0.15, 0.2) is 65.7 Å². The minimum absolute atomic E-state index is 0.0770. The SMILES string of the molecule is COc1ccc(C(=O)/C=C\C(=O)N2CCN(C(=O)CC3N=C(c4ccc(Cl)cc4)c4c(sc(C)c4C)-n4c(C)nnc43)CC2)cc1. The van der Waals surface area contributed by atoms with Gasteiger partial charge in [0.1, 0.15) is 22.6 Å². The number of allylic oxidation sites excluding steroid dienone is 1. The van der Waals surface area contributed by atoms with Gasteiger partial charge in [-0.1, -0.05) is 23.7 Å². The van der Waals surface area contributed by atoms with Gasteiger partial charge in [-0.05, 0) is 68.8 Å². The molecule has 0 saturated carbocycles. The van der Waals surface area contributed by atoms with Crippen molar-refractivity contribution in [2.45, 2.75) is 33.2 Å². The molecule has 12 heteroatoms. The second-order valence-corrected chi connectivity index (χ2v) is 12.9. The van der Waals surface area contributed by atoms with Gasteiger partial charge < -0.3 is 14.5 Å². The van der Waals surface area contributed by atoms with Crippen LogP contribution >= 0.6 is 22.9 Å². The molecule has 236 valence electrons. The summed E-state index contributed by atoms with van der Waals surface area (Å²) < 4.78 is 7.15. The summed E-state index contributed by atoms with van der Waals surface area (Å²) in [5.74, 6) is 1.39. The number of rotatable bonds is 7. The molecule has 1 unspecified atom stereocenters. The van der Waals surface area contributed by atoms with Crippen LogP contribution in [0.2, 0.25) is 5.02 Å². The van der Waals surface area contributed by atoms with Crippen molar-refractivity contribution in [3.8, 4) is 10.8 Å². The summed E-state index contributed by atoms with van der Waals surface area (Å²) in [5, 5.41) is 10.5. The van der Waals surface area contributed by atoms with Gasteiger partial charge in [0, 0.05) is 58.8 Å². The van der Waals surface area contributed by atoms with Crippen molar-refractivity contribution in [1.82, 2.24) is 24.6 Å². The average Bonchev–Trinajstić information content (AvgIpc) is 3.55. The Labute approximate surface area is 276 Å². The number of halogens is 1. The molecule has 2 aromatic heterocycles. The summed E-state index contributed by atoms with van der Waals surface area (Å²) in [5.41, 5.74) is 4.30. The number of carbonyl (C=O) groups is 3. The highest BCUT2D eigenvalue weighted by molar-refractivity contribution is 7.15. The molecule has 2 aromatic carbocycles. The Balaban J connectivity index is 1.17. The van der Waals surface area contributed by atoms with Gasteiger partial charge in [-0.3, -0.25) is 23.9 Å². The smallest absolute Gasteiger partial charge is 0.246 e. The van der Waals surface area contributed by atoms with E-state index in [1.165, 1.54) is 17.0 Å². The number of amides is 2. The van der Waals surface area contributed by atoms with Gasteiger partial charge in [-0.15, -0.1) is 21.5 Å². The molecule has 4 heterocycles. The zero-order valence-electron chi connectivity index (χ0n) is 26.0. The molecule has 0 spiro atoms. The van der Waals surface area contributed by atoms with Crippen LogP contribution in [0.3, 0.4) is 0 Å². The zero-order valence-corrected chi connectivity index (χ0v) is 27.6. The molecule has 10 nitrogen and oxygen atoms in total. The van der Waals surface area contributed by atoms with Crippen LogP contribution in [0.1, 0.15) is 56.0 Å². The van der Waals surface area contributed by atoms with Crippen molar-refractivity contribution >= 4 is 46.2 Å². The van der Waals surface area contributed by atoms with Crippen molar-refractivity contribution in [1.29, 1.82) is 0 Å². The van der Waals surface area contributed by atoms with Gasteiger partial charge in [-0.2, -0.15) is 0 Å². The molecule has 1 saturated heterocycles. The average molecular weight is 657 g/mol. The number of fused-ring (bicyclic) bond motifs is 3. The van der Waals surface area contributed by atoms with Gasteiger partial charge in [0.25, 0.3) is 0 Å². The normalized spacial score (nSPS) is 16.1. The topological polar surface area (TPSA) is 110 Å². The lowest BCUT2D eigenvalue weighted by atomic mass is 9.99. The molecule has 46 heavy (non-hydrogen) atoms. The van der Waals surface area contributed by atoms with E-state index in [1.54, 1.807) is 52.5 Å². The Kier molecular flexibility index (Phi) is 8.88. The van der Waals surface area contributed by atoms with Gasteiger partial charge in [0.05, 0.1) is 19.2 Å². The first-order chi connectivity index (χ1) is 22.1. The maximum absolute atomic E-state index is 13.7. The molecule has 1 fully saturated rings. The first kappa shape index (κ1) is 31.4. The molecule has 0 bridgehead atoms. The predicted molar refractivity (Wildman–Crippen MR) is 178 cm³/mol. The van der Waals surface area contributed by atoms with Crippen LogP contribution in [0.4, 0.5) is 0 Å². The Morgan fingerprint density at radius 1 is 0.935 bits per heavy atom. The second kappa shape index (κ2) is 13.0. The Morgan fingerprint density at radius 2 is 1.61 bits per heavy atom. The third-order valence-electron chi connectivity index (χ3n) is 8.42. The van der Waals surface area contributed by atoms with Crippen LogP contribution < -0.4 is 4.74 Å². The predicted octanol–water partition coefficient (Wildman–Crippen LogP) is 5.31. The highest BCUT2D eigenvalue weighted by Crippen LogP contribution is 2.39. The number of thiophene rings is 1. The van der Waals surface area contributed by atoms with Crippen LogP contribution in [0, 0.1) is 20.8 Å². The zero-order chi connectivity index (χ0) is 32.5. The minimum Gasteiger partial charge on any atom is -0.497 e. The molecule has 2 aliphatic heterocycles. The van der Waals surface area contributed by atoms with E-state index in [1.807, 2.05) is 35.8 Å². The molecular weight excluding hydrogens is 624 g/mol. The summed E-state index contributed by atoms with van der Waals surface area (Å²) in [6.07, 6.45) is 2.68. The van der Waals surface area contributed by atoms with Crippen LogP contribution in [0.5, 0.6) is 5.75 Å². The number of ether oxygens (including phenoxy) is 1. The van der Waals surface area contributed by atoms with Gasteiger partial charge in [-0.25, -0.2) is 0 Å². The van der Waals surface area contributed by atoms with Gasteiger partial charge >= 0.3 is 0 Å². The van der Waals surface area contributed by atoms with E-state index in [0.29, 0.717) is 48.3 Å². The standard InChI is InChI=1S/C34H33ClN6O4S/c1-20-21(2)46-34-31(20)32(24-5-9-25(35)10-6-24)36-27(33-38-37-22(3)41(33)34)19-30(44)40-17-15-39(16-18-40)29(43)14-13-28(42)23-7-11-26(45-4)12-8-23/h5-14,27H,15-19H2,1-4H3/b14-13-. The first-order valence-corrected chi connectivity index (χ1v) is 16.1. The van der Waals surface area contributed by atoms with Crippen molar-refractivity contribution < 1.29 is 19.1 Å². The lowest BCUT2D eigenvalue weighted by molar-refractivity contribution is -0.137. The maximum Gasteiger partial charge on any atom is 0.246 e. The largest absolute Gasteiger partial charge is 0.497 e. The summed E-state index contributed by atoms with van der Waals surface area (Å²) in [7, 11) is 1.56. The maximum atomic E-state index is 13.7. The van der Waals surface area contributed by atoms with Crippen LogP contribution in [0.25, 0.3) is 5.00 Å². The first-order valence-electron chi connectivity index (χ1n) is 14.9. The quantitative estimate of drug-likeness (QED) is 0.197. The molecule has 1 atom stereocenters. The number of carbonyl (C=O) groups excluding carboxylic acids is 3. The van der Waals surface area contributed by atoms with E-state index < -0.39 is 6.04 Å². The van der Waals surface area contributed by atoms with E-state index in [-0.39, 0.29) is 24.0 Å². The summed E-state index contributed by atoms with van der Waals surface area (Å²) >= 11 is 7.88. The van der Waals surface area contributed by atoms with E-state index in [2.05, 4.69) is 24.0 Å². The molecule has 4 aromatic rings. The summed E-state index contributed by atoms with van der Waals surface area (Å²) in [6, 6.07) is 13.7. The van der Waals surface area contributed by atoms with E-state index in [0.717, 1.165) is 33.2 Å². The minimum atomic E-state index is -0.565. The molecule has 6 rings (SSSR count). The number of aliphatic imine (C=N–C) groups is 1. The van der Waals surface area contributed by atoms with Gasteiger partial charge in [0.15, 0.2) is 11.6 Å². The fraction of sp³-hybridized carbons (Fsp3) is 0.294. The van der Waals surface area contributed by atoms with Crippen molar-refractivity contribution in [2.75, 3.05) is 33.3 Å². The van der Waals surface area contributed by atoms with Gasteiger partial charge in [0.2, 0.25) is 11.8 Å². The number of benzene rings is 2. The number of methoxy groups -OCH3 is 1. The number of piperazine rings is 1.